The Kier molecular flexibility index (Phi) is 7.20. The number of halogens is 3. The smallest absolute Gasteiger partial charge is 0.169 e. The lowest BCUT2D eigenvalue weighted by Gasteiger charge is -2.37. The van der Waals surface area contributed by atoms with E-state index in [4.69, 9.17) is 33.8 Å². The third-order valence-corrected chi connectivity index (χ3v) is 6.73. The van der Waals surface area contributed by atoms with Gasteiger partial charge in [0.25, 0.3) is 0 Å². The number of nitrogens with one attached hydrogen (secondary N) is 1. The Balaban J connectivity index is 1.33. The summed E-state index contributed by atoms with van der Waals surface area (Å²) in [6, 6.07) is 16.6. The van der Waals surface area contributed by atoms with Gasteiger partial charge in [0, 0.05) is 43.9 Å². The van der Waals surface area contributed by atoms with Crippen molar-refractivity contribution < 1.29 is 8.78 Å². The number of nitrogens with zero attached hydrogens (tertiary/aromatic N) is 5. The Morgan fingerprint density at radius 1 is 0.917 bits per heavy atom. The maximum atomic E-state index is 13.9. The van der Waals surface area contributed by atoms with Gasteiger partial charge in [-0.15, -0.1) is 11.6 Å². The molecule has 1 saturated heterocycles. The number of thiocarbonyl (C=S) groups is 1. The number of rotatable bonds is 5. The molecule has 0 radical (unpaired) electrons. The number of alkyl halides is 1. The van der Waals surface area contributed by atoms with E-state index < -0.39 is 0 Å². The maximum absolute atomic E-state index is 13.9. The zero-order chi connectivity index (χ0) is 25.1. The fourth-order valence-electron chi connectivity index (χ4n) is 4.15. The molecule has 0 bridgehead atoms. The minimum Gasteiger partial charge on any atom is -0.358 e. The lowest BCUT2D eigenvalue weighted by atomic mass is 10.1. The fraction of sp³-hybridized carbons (Fsp3) is 0.231. The number of piperazine rings is 1. The van der Waals surface area contributed by atoms with E-state index in [9.17, 15) is 8.78 Å². The molecule has 10 heteroatoms. The molecule has 0 spiro atoms. The minimum absolute atomic E-state index is 0.187. The van der Waals surface area contributed by atoms with Gasteiger partial charge in [-0.3, -0.25) is 0 Å². The lowest BCUT2D eigenvalue weighted by molar-refractivity contribution is 0.378. The summed E-state index contributed by atoms with van der Waals surface area (Å²) in [5.74, 6) is 0.877. The zero-order valence-corrected chi connectivity index (χ0v) is 20.9. The summed E-state index contributed by atoms with van der Waals surface area (Å²) in [7, 11) is 0. The molecule has 0 saturated carbocycles. The molecule has 1 aliphatic rings. The van der Waals surface area contributed by atoms with Crippen LogP contribution in [0.15, 0.2) is 60.7 Å². The number of pyridine rings is 1. The normalized spacial score (nSPS) is 13.8. The molecule has 5 rings (SSSR count). The van der Waals surface area contributed by atoms with Gasteiger partial charge in [0.05, 0.1) is 17.1 Å². The molecule has 6 nitrogen and oxygen atoms in total. The highest BCUT2D eigenvalue weighted by Gasteiger charge is 2.23. The van der Waals surface area contributed by atoms with Crippen LogP contribution >= 0.6 is 23.8 Å². The first-order chi connectivity index (χ1) is 17.5. The van der Waals surface area contributed by atoms with Crippen molar-refractivity contribution in [2.24, 2.45) is 0 Å². The molecule has 0 atom stereocenters. The molecule has 1 aliphatic heterocycles. The Morgan fingerprint density at radius 2 is 1.67 bits per heavy atom. The number of benzene rings is 2. The maximum Gasteiger partial charge on any atom is 0.169 e. The Labute approximate surface area is 217 Å². The van der Waals surface area contributed by atoms with E-state index in [0.29, 0.717) is 71.8 Å². The van der Waals surface area contributed by atoms with Gasteiger partial charge in [-0.1, -0.05) is 18.2 Å². The first-order valence-corrected chi connectivity index (χ1v) is 12.5. The minimum atomic E-state index is -0.297. The molecule has 0 unspecified atom stereocenters. The Morgan fingerprint density at radius 3 is 2.39 bits per heavy atom. The number of hydrogen-bond donors (Lipinski definition) is 1. The standard InChI is InChI=1S/C26H23ClF2N6S/c27-15-23-31-22-10-9-21(17-5-7-19(28)8-6-17)32-24(22)25(33-23)34-11-13-35(14-12-34)26(36)30-16-18-3-1-2-4-20(18)29/h1-10H,11-16H2,(H,30,36). The summed E-state index contributed by atoms with van der Waals surface area (Å²) in [5.41, 5.74) is 3.46. The van der Waals surface area contributed by atoms with E-state index in [0.717, 1.165) is 5.56 Å². The molecule has 184 valence electrons. The van der Waals surface area contributed by atoms with Crippen LogP contribution in [0.3, 0.4) is 0 Å². The average Bonchev–Trinajstić information content (AvgIpc) is 2.92. The molecule has 2 aromatic carbocycles. The third-order valence-electron chi connectivity index (χ3n) is 6.08. The van der Waals surface area contributed by atoms with Gasteiger partial charge in [-0.25, -0.2) is 23.7 Å². The monoisotopic (exact) mass is 524 g/mol. The van der Waals surface area contributed by atoms with Gasteiger partial charge >= 0.3 is 0 Å². The highest BCUT2D eigenvalue weighted by molar-refractivity contribution is 7.80. The fourth-order valence-corrected chi connectivity index (χ4v) is 4.53. The SMILES string of the molecule is Fc1ccc(-c2ccc3nc(CCl)nc(N4CCN(C(=S)NCc5ccccc5F)CC4)c3n2)cc1. The molecule has 0 aliphatic carbocycles. The van der Waals surface area contributed by atoms with Gasteiger partial charge in [0.1, 0.15) is 23.0 Å². The van der Waals surface area contributed by atoms with Crippen LogP contribution in [0.5, 0.6) is 0 Å². The summed E-state index contributed by atoms with van der Waals surface area (Å²) >= 11 is 11.6. The summed E-state index contributed by atoms with van der Waals surface area (Å²) in [6.07, 6.45) is 0. The van der Waals surface area contributed by atoms with Gasteiger partial charge in [0.15, 0.2) is 10.9 Å². The Hall–Kier alpha value is -3.43. The third kappa shape index (κ3) is 5.22. The van der Waals surface area contributed by atoms with E-state index in [-0.39, 0.29) is 17.5 Å². The first-order valence-electron chi connectivity index (χ1n) is 11.5. The summed E-state index contributed by atoms with van der Waals surface area (Å²) in [4.78, 5) is 18.3. The van der Waals surface area contributed by atoms with Crippen molar-refractivity contribution in [2.75, 3.05) is 31.1 Å². The van der Waals surface area contributed by atoms with Crippen LogP contribution in [-0.4, -0.2) is 51.1 Å². The van der Waals surface area contributed by atoms with Crippen LogP contribution in [0, 0.1) is 11.6 Å². The molecular formula is C26H23ClF2N6S. The first kappa shape index (κ1) is 24.3. The van der Waals surface area contributed by atoms with Gasteiger partial charge in [-0.05, 0) is 54.7 Å². The number of hydrogen-bond acceptors (Lipinski definition) is 5. The van der Waals surface area contributed by atoms with Crippen LogP contribution in [0.2, 0.25) is 0 Å². The molecule has 0 amide bonds. The van der Waals surface area contributed by atoms with Crippen molar-refractivity contribution in [2.45, 2.75) is 12.4 Å². The number of aromatic nitrogens is 3. The summed E-state index contributed by atoms with van der Waals surface area (Å²) in [6.45, 7) is 3.00. The van der Waals surface area contributed by atoms with Crippen LogP contribution in [-0.2, 0) is 12.4 Å². The number of fused-ring (bicyclic) bond motifs is 1. The molecule has 36 heavy (non-hydrogen) atoms. The second kappa shape index (κ2) is 10.7. The summed E-state index contributed by atoms with van der Waals surface area (Å²) in [5, 5.41) is 3.74. The highest BCUT2D eigenvalue weighted by atomic mass is 35.5. The van der Waals surface area contributed by atoms with Gasteiger partial charge in [0.2, 0.25) is 0 Å². The zero-order valence-electron chi connectivity index (χ0n) is 19.3. The van der Waals surface area contributed by atoms with Crippen molar-refractivity contribution in [1.29, 1.82) is 0 Å². The Bertz CT molecular complexity index is 1390. The van der Waals surface area contributed by atoms with E-state index >= 15 is 0 Å². The average molecular weight is 525 g/mol. The molecule has 4 aromatic rings. The van der Waals surface area contributed by atoms with Crippen LogP contribution in [0.25, 0.3) is 22.3 Å². The predicted octanol–water partition coefficient (Wildman–Crippen LogP) is 4.91. The van der Waals surface area contributed by atoms with Crippen molar-refractivity contribution in [3.63, 3.8) is 0 Å². The largest absolute Gasteiger partial charge is 0.358 e. The molecular weight excluding hydrogens is 502 g/mol. The quantitative estimate of drug-likeness (QED) is 0.294. The molecule has 1 fully saturated rings. The van der Waals surface area contributed by atoms with E-state index in [1.165, 1.54) is 18.2 Å². The van der Waals surface area contributed by atoms with E-state index in [1.807, 2.05) is 12.1 Å². The predicted molar refractivity (Wildman–Crippen MR) is 142 cm³/mol. The van der Waals surface area contributed by atoms with E-state index in [1.54, 1.807) is 30.3 Å². The molecule has 2 aromatic heterocycles. The second-order valence-corrected chi connectivity index (χ2v) is 9.05. The number of anilines is 1. The van der Waals surface area contributed by atoms with Crippen molar-refractivity contribution in [3.05, 3.63) is 83.7 Å². The summed E-state index contributed by atoms with van der Waals surface area (Å²) < 4.78 is 27.3. The van der Waals surface area contributed by atoms with Crippen LogP contribution < -0.4 is 10.2 Å². The van der Waals surface area contributed by atoms with Crippen LogP contribution in [0.1, 0.15) is 11.4 Å². The van der Waals surface area contributed by atoms with Crippen molar-refractivity contribution >= 4 is 45.8 Å². The topological polar surface area (TPSA) is 57.2 Å². The molecule has 1 N–H and O–H groups in total. The van der Waals surface area contributed by atoms with Gasteiger partial charge in [-0.2, -0.15) is 0 Å². The molecule has 3 heterocycles. The highest BCUT2D eigenvalue weighted by Crippen LogP contribution is 2.27. The van der Waals surface area contributed by atoms with E-state index in [2.05, 4.69) is 20.1 Å². The lowest BCUT2D eigenvalue weighted by Crippen LogP contribution is -2.52. The van der Waals surface area contributed by atoms with Crippen LogP contribution in [0.4, 0.5) is 14.6 Å². The van der Waals surface area contributed by atoms with Crippen molar-refractivity contribution in [3.8, 4) is 11.3 Å². The van der Waals surface area contributed by atoms with Crippen molar-refractivity contribution in [1.82, 2.24) is 25.2 Å². The van der Waals surface area contributed by atoms with Gasteiger partial charge < -0.3 is 15.1 Å². The second-order valence-electron chi connectivity index (χ2n) is 8.39.